The van der Waals surface area contributed by atoms with Gasteiger partial charge >= 0.3 is 0 Å². The van der Waals surface area contributed by atoms with Crippen molar-refractivity contribution in [3.63, 3.8) is 0 Å². The lowest BCUT2D eigenvalue weighted by Crippen LogP contribution is -2.35. The molecule has 0 saturated carbocycles. The highest BCUT2D eigenvalue weighted by Gasteiger charge is 2.24. The number of rotatable bonds is 9. The van der Waals surface area contributed by atoms with Crippen LogP contribution in [0.5, 0.6) is 0 Å². The standard InChI is InChI=1S/C15H33N/c1-7-14(8-2)10-15(6,9-3)12-16-11-13(4)5/h13-14,16H,7-12H2,1-6H3. The normalized spacial score (nSPS) is 15.8. The summed E-state index contributed by atoms with van der Waals surface area (Å²) >= 11 is 0. The van der Waals surface area contributed by atoms with Crippen molar-refractivity contribution in [3.8, 4) is 0 Å². The maximum atomic E-state index is 3.63. The van der Waals surface area contributed by atoms with Crippen molar-refractivity contribution in [1.82, 2.24) is 5.32 Å². The SMILES string of the molecule is CCC(CC)CC(C)(CC)CNCC(C)C. The Balaban J connectivity index is 4.08. The predicted octanol–water partition coefficient (Wildman–Crippen LogP) is 4.47. The van der Waals surface area contributed by atoms with Crippen LogP contribution in [-0.2, 0) is 0 Å². The fourth-order valence-electron chi connectivity index (χ4n) is 2.28. The summed E-state index contributed by atoms with van der Waals surface area (Å²) in [5.74, 6) is 1.67. The van der Waals surface area contributed by atoms with Gasteiger partial charge in [-0.15, -0.1) is 0 Å². The number of hydrogen-bond acceptors (Lipinski definition) is 1. The summed E-state index contributed by atoms with van der Waals surface area (Å²) in [4.78, 5) is 0. The molecule has 1 unspecified atom stereocenters. The summed E-state index contributed by atoms with van der Waals surface area (Å²) < 4.78 is 0. The zero-order valence-corrected chi connectivity index (χ0v) is 12.4. The number of hydrogen-bond donors (Lipinski definition) is 1. The summed E-state index contributed by atoms with van der Waals surface area (Å²) in [6, 6.07) is 0. The van der Waals surface area contributed by atoms with E-state index >= 15 is 0 Å². The van der Waals surface area contributed by atoms with Crippen LogP contribution in [0, 0.1) is 17.3 Å². The third-order valence-corrected chi connectivity index (χ3v) is 3.89. The van der Waals surface area contributed by atoms with Crippen molar-refractivity contribution in [1.29, 1.82) is 0 Å². The van der Waals surface area contributed by atoms with Gasteiger partial charge in [0.25, 0.3) is 0 Å². The maximum absolute atomic E-state index is 3.63. The van der Waals surface area contributed by atoms with Crippen LogP contribution in [0.4, 0.5) is 0 Å². The Morgan fingerprint density at radius 2 is 1.62 bits per heavy atom. The van der Waals surface area contributed by atoms with Gasteiger partial charge in [0, 0.05) is 6.54 Å². The monoisotopic (exact) mass is 227 g/mol. The third kappa shape index (κ3) is 6.52. The Kier molecular flexibility index (Phi) is 8.09. The van der Waals surface area contributed by atoms with Crippen molar-refractivity contribution < 1.29 is 0 Å². The quantitative estimate of drug-likeness (QED) is 0.612. The molecule has 0 radical (unpaired) electrons. The molecule has 0 heterocycles. The summed E-state index contributed by atoms with van der Waals surface area (Å²) in [7, 11) is 0. The Bertz CT molecular complexity index is 161. The highest BCUT2D eigenvalue weighted by Crippen LogP contribution is 2.31. The molecule has 98 valence electrons. The fourth-order valence-corrected chi connectivity index (χ4v) is 2.28. The van der Waals surface area contributed by atoms with Gasteiger partial charge in [-0.3, -0.25) is 0 Å². The van der Waals surface area contributed by atoms with Gasteiger partial charge in [0.15, 0.2) is 0 Å². The molecule has 0 aliphatic rings. The Morgan fingerprint density at radius 1 is 1.06 bits per heavy atom. The van der Waals surface area contributed by atoms with Crippen LogP contribution in [0.2, 0.25) is 0 Å². The topological polar surface area (TPSA) is 12.0 Å². The molecule has 0 aromatic carbocycles. The average molecular weight is 227 g/mol. The van der Waals surface area contributed by atoms with E-state index in [1.54, 1.807) is 0 Å². The predicted molar refractivity (Wildman–Crippen MR) is 74.8 cm³/mol. The van der Waals surface area contributed by atoms with E-state index in [1.807, 2.05) is 0 Å². The summed E-state index contributed by atoms with van der Waals surface area (Å²) in [5, 5.41) is 3.63. The molecule has 0 amide bonds. The average Bonchev–Trinajstić information content (AvgIpc) is 2.25. The molecule has 0 rings (SSSR count). The van der Waals surface area contributed by atoms with Gasteiger partial charge in [-0.1, -0.05) is 54.4 Å². The molecule has 1 nitrogen and oxygen atoms in total. The molecule has 1 atom stereocenters. The molecule has 16 heavy (non-hydrogen) atoms. The van der Waals surface area contributed by atoms with Gasteiger partial charge in [0.2, 0.25) is 0 Å². The van der Waals surface area contributed by atoms with E-state index in [-0.39, 0.29) is 0 Å². The zero-order valence-electron chi connectivity index (χ0n) is 12.4. The van der Waals surface area contributed by atoms with Gasteiger partial charge in [0.05, 0.1) is 0 Å². The van der Waals surface area contributed by atoms with Crippen LogP contribution in [0.15, 0.2) is 0 Å². The van der Waals surface area contributed by atoms with Crippen LogP contribution in [0.1, 0.15) is 67.2 Å². The molecule has 1 heteroatoms. The molecule has 0 saturated heterocycles. The summed E-state index contributed by atoms with van der Waals surface area (Å²) in [5.41, 5.74) is 0.492. The van der Waals surface area contributed by atoms with Crippen molar-refractivity contribution in [2.45, 2.75) is 67.2 Å². The molecular formula is C15H33N. The van der Waals surface area contributed by atoms with E-state index in [0.29, 0.717) is 5.41 Å². The van der Waals surface area contributed by atoms with Crippen LogP contribution < -0.4 is 5.32 Å². The van der Waals surface area contributed by atoms with E-state index in [2.05, 4.69) is 46.9 Å². The second kappa shape index (κ2) is 8.11. The van der Waals surface area contributed by atoms with E-state index in [1.165, 1.54) is 32.2 Å². The van der Waals surface area contributed by atoms with E-state index in [0.717, 1.165) is 18.4 Å². The Hall–Kier alpha value is -0.0400. The van der Waals surface area contributed by atoms with Gasteiger partial charge in [-0.2, -0.15) is 0 Å². The van der Waals surface area contributed by atoms with Gasteiger partial charge < -0.3 is 5.32 Å². The van der Waals surface area contributed by atoms with Crippen molar-refractivity contribution in [2.24, 2.45) is 17.3 Å². The van der Waals surface area contributed by atoms with Gasteiger partial charge in [0.1, 0.15) is 0 Å². The minimum Gasteiger partial charge on any atom is -0.316 e. The number of nitrogens with one attached hydrogen (secondary N) is 1. The second-order valence-electron chi connectivity index (χ2n) is 6.08. The van der Waals surface area contributed by atoms with E-state index in [9.17, 15) is 0 Å². The second-order valence-corrected chi connectivity index (χ2v) is 6.08. The first-order valence-corrected chi connectivity index (χ1v) is 7.18. The fraction of sp³-hybridized carbons (Fsp3) is 1.00. The molecule has 0 spiro atoms. The lowest BCUT2D eigenvalue weighted by atomic mass is 9.77. The van der Waals surface area contributed by atoms with E-state index < -0.39 is 0 Å². The van der Waals surface area contributed by atoms with Crippen molar-refractivity contribution in [2.75, 3.05) is 13.1 Å². The maximum Gasteiger partial charge on any atom is 0.000527 e. The lowest BCUT2D eigenvalue weighted by molar-refractivity contribution is 0.211. The summed E-state index contributed by atoms with van der Waals surface area (Å²) in [6.45, 7) is 16.3. The first kappa shape index (κ1) is 16.0. The molecule has 1 N–H and O–H groups in total. The first-order chi connectivity index (χ1) is 7.47. The minimum absolute atomic E-state index is 0.492. The van der Waals surface area contributed by atoms with Crippen molar-refractivity contribution in [3.05, 3.63) is 0 Å². The molecule has 0 aliphatic carbocycles. The lowest BCUT2D eigenvalue weighted by Gasteiger charge is -2.32. The van der Waals surface area contributed by atoms with Crippen LogP contribution in [0.25, 0.3) is 0 Å². The third-order valence-electron chi connectivity index (χ3n) is 3.89. The minimum atomic E-state index is 0.492. The Morgan fingerprint density at radius 3 is 2.00 bits per heavy atom. The Labute approximate surface area is 103 Å². The largest absolute Gasteiger partial charge is 0.316 e. The molecule has 0 bridgehead atoms. The van der Waals surface area contributed by atoms with E-state index in [4.69, 9.17) is 0 Å². The molecule has 0 fully saturated rings. The molecule has 0 aromatic heterocycles. The van der Waals surface area contributed by atoms with Gasteiger partial charge in [-0.25, -0.2) is 0 Å². The van der Waals surface area contributed by atoms with Crippen LogP contribution in [0.3, 0.4) is 0 Å². The summed E-state index contributed by atoms with van der Waals surface area (Å²) in [6.07, 6.45) is 5.32. The highest BCUT2D eigenvalue weighted by molar-refractivity contribution is 4.78. The molecule has 0 aliphatic heterocycles. The molecule has 0 aromatic rings. The van der Waals surface area contributed by atoms with Crippen LogP contribution >= 0.6 is 0 Å². The van der Waals surface area contributed by atoms with Gasteiger partial charge in [-0.05, 0) is 36.6 Å². The highest BCUT2D eigenvalue weighted by atomic mass is 14.9. The van der Waals surface area contributed by atoms with Crippen molar-refractivity contribution >= 4 is 0 Å². The molecular weight excluding hydrogens is 194 g/mol. The van der Waals surface area contributed by atoms with Crippen LogP contribution in [-0.4, -0.2) is 13.1 Å². The first-order valence-electron chi connectivity index (χ1n) is 7.18. The smallest absolute Gasteiger partial charge is 0.000527 e. The zero-order chi connectivity index (χ0) is 12.6.